The Kier molecular flexibility index (Phi) is 42.3. The average molecular weight is 790 g/mol. The fourth-order valence-corrected chi connectivity index (χ4v) is 5.10. The third-order valence-corrected chi connectivity index (χ3v) is 7.61. The number of carbonyl (C=O) groups excluding carboxylic acids is 1. The Labute approximate surface area is 376 Å². The second-order valence-corrected chi connectivity index (χ2v) is 10.6. The number of thioether (sulfide) groups is 1. The van der Waals surface area contributed by atoms with Gasteiger partial charge in [-0.2, -0.15) is 0 Å². The minimum absolute atomic E-state index is 0. The van der Waals surface area contributed by atoms with Gasteiger partial charge >= 0.3 is 103 Å². The van der Waals surface area contributed by atoms with E-state index in [2.05, 4.69) is 66.4 Å². The number of methoxy groups -OCH3 is 2. The van der Waals surface area contributed by atoms with Crippen molar-refractivity contribution >= 4 is 46.8 Å². The van der Waals surface area contributed by atoms with Crippen molar-refractivity contribution in [2.45, 2.75) is 77.8 Å². The Balaban J connectivity index is -0.000000178. The minimum Gasteiger partial charge on any atom is -1.00 e. The topological polar surface area (TPSA) is 105 Å². The van der Waals surface area contributed by atoms with Gasteiger partial charge in [-0.1, -0.05) is 28.1 Å². The van der Waals surface area contributed by atoms with Crippen LogP contribution in [0.3, 0.4) is 0 Å². The molecule has 9 nitrogen and oxygen atoms in total. The van der Waals surface area contributed by atoms with Crippen LogP contribution in [0.1, 0.15) is 51.4 Å². The van der Waals surface area contributed by atoms with Crippen LogP contribution in [0.15, 0.2) is 34.1 Å². The second-order valence-electron chi connectivity index (χ2n) is 8.44. The van der Waals surface area contributed by atoms with E-state index in [0.717, 1.165) is 32.4 Å². The van der Waals surface area contributed by atoms with E-state index in [1.54, 1.807) is 26.0 Å². The predicted molar refractivity (Wildman–Crippen MR) is 179 cm³/mol. The quantitative estimate of drug-likeness (QED) is 0.0407. The molecule has 0 aliphatic heterocycles. The summed E-state index contributed by atoms with van der Waals surface area (Å²) in [5.74, 6) is 2.60. The molecule has 0 aliphatic rings. The van der Waals surface area contributed by atoms with E-state index in [-0.39, 0.29) is 123 Å². The molecule has 0 saturated heterocycles. The van der Waals surface area contributed by atoms with Crippen LogP contribution in [-0.4, -0.2) is 70.8 Å². The summed E-state index contributed by atoms with van der Waals surface area (Å²) in [6.07, 6.45) is -0.230. The van der Waals surface area contributed by atoms with Gasteiger partial charge in [0.25, 0.3) is 6.47 Å². The number of thiol groups is 1. The monoisotopic (exact) mass is 788 g/mol. The van der Waals surface area contributed by atoms with E-state index in [1.807, 2.05) is 46.8 Å². The Morgan fingerprint density at radius 3 is 1.56 bits per heavy atom. The fourth-order valence-electron chi connectivity index (χ4n) is 3.35. The van der Waals surface area contributed by atoms with Gasteiger partial charge in [-0.3, -0.25) is 4.79 Å². The van der Waals surface area contributed by atoms with E-state index in [9.17, 15) is 0 Å². The maximum Gasteiger partial charge on any atom is 1.00 e. The van der Waals surface area contributed by atoms with Crippen LogP contribution < -0.4 is 118 Å². The molecule has 0 spiro atoms. The Morgan fingerprint density at radius 2 is 1.20 bits per heavy atom. The van der Waals surface area contributed by atoms with Crippen LogP contribution in [-0.2, 0) is 28.6 Å². The summed E-state index contributed by atoms with van der Waals surface area (Å²) in [6, 6.07) is 8.21. The summed E-state index contributed by atoms with van der Waals surface area (Å²) in [7, 11) is 3.38. The summed E-state index contributed by atoms with van der Waals surface area (Å²) in [4.78, 5) is 13.3. The zero-order valence-electron chi connectivity index (χ0n) is 30.2. The Hall–Kier alpha value is 1.76. The van der Waals surface area contributed by atoms with Gasteiger partial charge in [0, 0.05) is 42.0 Å². The molecule has 14 heteroatoms. The van der Waals surface area contributed by atoms with E-state index >= 15 is 0 Å². The average Bonchev–Trinajstić information content (AvgIpc) is 3.00. The Bertz CT molecular complexity index is 1000. The molecule has 0 unspecified atom stereocenters. The van der Waals surface area contributed by atoms with Gasteiger partial charge < -0.3 is 40.0 Å². The predicted octanol–water partition coefficient (Wildman–Crippen LogP) is 0.740. The molecule has 0 heterocycles. The number of aryl methyl sites for hydroxylation is 2. The van der Waals surface area contributed by atoms with Gasteiger partial charge in [-0.05, 0) is 89.8 Å². The summed E-state index contributed by atoms with van der Waals surface area (Å²) in [6.45, 7) is 18.7. The molecule has 45 heavy (non-hydrogen) atoms. The molecular formula is C31H51BrK2O9S2. The first-order valence-electron chi connectivity index (χ1n) is 13.9. The number of rotatable bonds is 15. The molecule has 2 aromatic rings. The second kappa shape index (κ2) is 35.6. The largest absolute Gasteiger partial charge is 1.00 e. The van der Waals surface area contributed by atoms with Crippen LogP contribution in [0, 0.1) is 27.7 Å². The summed E-state index contributed by atoms with van der Waals surface area (Å²) >= 11 is 9.25. The smallest absolute Gasteiger partial charge is 1.00 e. The fraction of sp³-hybridized carbons (Fsp3) is 0.581. The molecule has 0 atom stereocenters. The van der Waals surface area contributed by atoms with Crippen molar-refractivity contribution in [3.05, 3.63) is 46.5 Å². The number of ether oxygens (including phenoxy) is 6. The van der Waals surface area contributed by atoms with Crippen LogP contribution >= 0.6 is 40.3 Å². The molecule has 0 N–H and O–H groups in total. The Morgan fingerprint density at radius 1 is 0.800 bits per heavy atom. The van der Waals surface area contributed by atoms with Crippen molar-refractivity contribution in [3.63, 3.8) is 0 Å². The van der Waals surface area contributed by atoms with Crippen LogP contribution in [0.2, 0.25) is 0 Å². The minimum atomic E-state index is -0.181. The standard InChI is InChI=1S/C15H24O3S.C9H12OS.C6H13BrO2.CH2O3.2K.H/c1-6-17-14(18-7-2)10-19-13-9-8-11(3)12(4)15(13)16-5;1-6-4-5-8(11)9(10-3)7(6)2;1-3-8-6(5-7)9-4-2;2-1-4-3;;;/h8-9,14H,6-7,10H2,1-5H3;4-5,11H,1-3H3;6H,3-5H2,1-2H3;1,3H;;;/q;;;;2*+1;-1/p-1. The summed E-state index contributed by atoms with van der Waals surface area (Å²) in [5.41, 5.74) is 4.84. The van der Waals surface area contributed by atoms with Crippen molar-refractivity contribution in [2.24, 2.45) is 0 Å². The van der Waals surface area contributed by atoms with Gasteiger partial charge in [-0.25, -0.2) is 0 Å². The number of carbonyl (C=O) groups is 1. The van der Waals surface area contributed by atoms with Gasteiger partial charge in [0.05, 0.1) is 19.5 Å². The van der Waals surface area contributed by atoms with Crippen LogP contribution in [0.5, 0.6) is 11.5 Å². The summed E-state index contributed by atoms with van der Waals surface area (Å²) < 4.78 is 32.1. The zero-order valence-corrected chi connectivity index (χ0v) is 38.7. The van der Waals surface area contributed by atoms with Gasteiger partial charge in [0.15, 0.2) is 12.6 Å². The summed E-state index contributed by atoms with van der Waals surface area (Å²) in [5, 5.41) is 9.18. The third kappa shape index (κ3) is 24.5. The van der Waals surface area contributed by atoms with E-state index in [0.29, 0.717) is 26.4 Å². The van der Waals surface area contributed by atoms with Crippen LogP contribution in [0.25, 0.3) is 0 Å². The van der Waals surface area contributed by atoms with Crippen molar-refractivity contribution in [1.82, 2.24) is 0 Å². The molecular weight excluding hydrogens is 739 g/mol. The van der Waals surface area contributed by atoms with Gasteiger partial charge in [-0.15, -0.1) is 24.4 Å². The molecule has 0 saturated carbocycles. The van der Waals surface area contributed by atoms with E-state index in [4.69, 9.17) is 38.5 Å². The third-order valence-electron chi connectivity index (χ3n) is 5.66. The number of hydrogen-bond donors (Lipinski definition) is 1. The van der Waals surface area contributed by atoms with E-state index in [1.165, 1.54) is 22.3 Å². The van der Waals surface area contributed by atoms with Crippen molar-refractivity contribution < 1.29 is 148 Å². The van der Waals surface area contributed by atoms with E-state index < -0.39 is 0 Å². The van der Waals surface area contributed by atoms with Gasteiger partial charge in [0.1, 0.15) is 11.5 Å². The van der Waals surface area contributed by atoms with Crippen molar-refractivity contribution in [3.8, 4) is 11.5 Å². The van der Waals surface area contributed by atoms with Crippen molar-refractivity contribution in [1.29, 1.82) is 0 Å². The number of halogens is 1. The molecule has 0 radical (unpaired) electrons. The molecule has 0 aromatic heterocycles. The normalized spacial score (nSPS) is 9.67. The molecule has 0 fully saturated rings. The molecule has 2 rings (SSSR count). The molecule has 0 amide bonds. The number of hydrogen-bond acceptors (Lipinski definition) is 11. The SMILES string of the molecule is CCOC(CBr)OCC.CCOC(CSc1ccc(C)c(C)c1OC)OCC.COc1c(S)ccc(C)c1C.O=CO[O-].[H-].[K+].[K+]. The van der Waals surface area contributed by atoms with Crippen LogP contribution in [0.4, 0.5) is 0 Å². The molecule has 0 aliphatic carbocycles. The first kappa shape index (κ1) is 53.6. The maximum atomic E-state index is 8.64. The van der Waals surface area contributed by atoms with Gasteiger partial charge in [0.2, 0.25) is 0 Å². The first-order chi connectivity index (χ1) is 20.6. The number of alkyl halides is 1. The molecule has 250 valence electrons. The zero-order chi connectivity index (χ0) is 33.2. The van der Waals surface area contributed by atoms with Crippen molar-refractivity contribution in [2.75, 3.05) is 51.7 Å². The number of benzene rings is 2. The first-order valence-corrected chi connectivity index (χ1v) is 16.5. The maximum absolute atomic E-state index is 8.64. The molecule has 0 bridgehead atoms. The molecule has 2 aromatic carbocycles.